The van der Waals surface area contributed by atoms with Crippen molar-refractivity contribution >= 4 is 5.97 Å². The zero-order valence-electron chi connectivity index (χ0n) is 11.0. The molecule has 0 aromatic heterocycles. The number of hydrogen-bond donors (Lipinski definition) is 1. The van der Waals surface area contributed by atoms with E-state index < -0.39 is 11.4 Å². The molecule has 2 aliphatic rings. The highest BCUT2D eigenvalue weighted by Gasteiger charge is 2.43. The summed E-state index contributed by atoms with van der Waals surface area (Å²) in [7, 11) is 0. The van der Waals surface area contributed by atoms with Gasteiger partial charge in [0, 0.05) is 12.6 Å². The van der Waals surface area contributed by atoms with Gasteiger partial charge in [-0.15, -0.1) is 0 Å². The molecule has 0 saturated heterocycles. The summed E-state index contributed by atoms with van der Waals surface area (Å²) in [5.41, 5.74) is -0.432. The highest BCUT2D eigenvalue weighted by atomic mass is 16.4. The monoisotopic (exact) mass is 239 g/mol. The van der Waals surface area contributed by atoms with E-state index in [-0.39, 0.29) is 0 Å². The first-order valence-electron chi connectivity index (χ1n) is 7.15. The standard InChI is InChI=1S/C14H25NO2/c1-2-15(12-7-3-4-8-12)11-14(13(16)17)9-5-6-10-14/h12H,2-11H2,1H3,(H,16,17). The minimum atomic E-state index is -0.563. The van der Waals surface area contributed by atoms with Gasteiger partial charge in [-0.25, -0.2) is 0 Å². The van der Waals surface area contributed by atoms with E-state index in [1.165, 1.54) is 25.7 Å². The normalized spacial score (nSPS) is 24.6. The first-order valence-corrected chi connectivity index (χ1v) is 7.15. The van der Waals surface area contributed by atoms with Gasteiger partial charge in [0.2, 0.25) is 0 Å². The number of carbonyl (C=O) groups is 1. The molecule has 2 saturated carbocycles. The zero-order chi connectivity index (χ0) is 12.3. The van der Waals surface area contributed by atoms with Gasteiger partial charge in [0.1, 0.15) is 0 Å². The molecule has 0 unspecified atom stereocenters. The number of nitrogens with zero attached hydrogens (tertiary/aromatic N) is 1. The lowest BCUT2D eigenvalue weighted by molar-refractivity contribution is -0.150. The van der Waals surface area contributed by atoms with E-state index in [4.69, 9.17) is 0 Å². The van der Waals surface area contributed by atoms with Crippen LogP contribution in [0.2, 0.25) is 0 Å². The minimum absolute atomic E-state index is 0.432. The van der Waals surface area contributed by atoms with Crippen LogP contribution in [-0.4, -0.2) is 35.1 Å². The van der Waals surface area contributed by atoms with Crippen LogP contribution in [0.25, 0.3) is 0 Å². The third-order valence-corrected chi connectivity index (χ3v) is 4.77. The fourth-order valence-electron chi connectivity index (χ4n) is 3.65. The summed E-state index contributed by atoms with van der Waals surface area (Å²) in [6, 6.07) is 0.650. The summed E-state index contributed by atoms with van der Waals surface area (Å²) in [4.78, 5) is 14.0. The summed E-state index contributed by atoms with van der Waals surface area (Å²) < 4.78 is 0. The van der Waals surface area contributed by atoms with Crippen molar-refractivity contribution in [2.24, 2.45) is 5.41 Å². The van der Waals surface area contributed by atoms with Gasteiger partial charge in [0.15, 0.2) is 0 Å². The van der Waals surface area contributed by atoms with E-state index in [2.05, 4.69) is 11.8 Å². The Labute approximate surface area is 104 Å². The van der Waals surface area contributed by atoms with E-state index in [0.717, 1.165) is 38.8 Å². The van der Waals surface area contributed by atoms with Gasteiger partial charge in [0.05, 0.1) is 5.41 Å². The van der Waals surface area contributed by atoms with Gasteiger partial charge in [-0.05, 0) is 32.2 Å². The van der Waals surface area contributed by atoms with E-state index in [9.17, 15) is 9.90 Å². The van der Waals surface area contributed by atoms with Crippen LogP contribution in [0.1, 0.15) is 58.3 Å². The Morgan fingerprint density at radius 3 is 2.29 bits per heavy atom. The smallest absolute Gasteiger partial charge is 0.310 e. The summed E-state index contributed by atoms with van der Waals surface area (Å²) in [5.74, 6) is -0.563. The largest absolute Gasteiger partial charge is 0.481 e. The number of rotatable bonds is 5. The summed E-state index contributed by atoms with van der Waals surface area (Å²) in [5, 5.41) is 9.52. The second-order valence-corrected chi connectivity index (χ2v) is 5.79. The Balaban J connectivity index is 2.02. The van der Waals surface area contributed by atoms with Crippen molar-refractivity contribution < 1.29 is 9.90 Å². The number of hydrogen-bond acceptors (Lipinski definition) is 2. The highest BCUT2D eigenvalue weighted by molar-refractivity contribution is 5.75. The van der Waals surface area contributed by atoms with Crippen molar-refractivity contribution in [3.05, 3.63) is 0 Å². The van der Waals surface area contributed by atoms with Crippen LogP contribution in [0.5, 0.6) is 0 Å². The van der Waals surface area contributed by atoms with Gasteiger partial charge < -0.3 is 5.11 Å². The fourth-order valence-corrected chi connectivity index (χ4v) is 3.65. The van der Waals surface area contributed by atoms with Gasteiger partial charge in [-0.3, -0.25) is 9.69 Å². The van der Waals surface area contributed by atoms with Gasteiger partial charge in [-0.1, -0.05) is 32.6 Å². The molecule has 0 radical (unpaired) electrons. The molecule has 0 spiro atoms. The average Bonchev–Trinajstić information content (AvgIpc) is 2.97. The third kappa shape index (κ3) is 2.65. The topological polar surface area (TPSA) is 40.5 Å². The van der Waals surface area contributed by atoms with Crippen molar-refractivity contribution in [1.29, 1.82) is 0 Å². The molecule has 0 amide bonds. The molecule has 0 aliphatic heterocycles. The number of carboxylic acids is 1. The fraction of sp³-hybridized carbons (Fsp3) is 0.929. The molecule has 0 atom stereocenters. The maximum atomic E-state index is 11.6. The minimum Gasteiger partial charge on any atom is -0.481 e. The molecule has 17 heavy (non-hydrogen) atoms. The second-order valence-electron chi connectivity index (χ2n) is 5.79. The van der Waals surface area contributed by atoms with Gasteiger partial charge >= 0.3 is 5.97 Å². The molecule has 2 aliphatic carbocycles. The van der Waals surface area contributed by atoms with Crippen molar-refractivity contribution in [1.82, 2.24) is 4.90 Å². The number of carboxylic acid groups (broad SMARTS) is 1. The Hall–Kier alpha value is -0.570. The molecular weight excluding hydrogens is 214 g/mol. The molecule has 1 N–H and O–H groups in total. The first kappa shape index (κ1) is 12.9. The maximum Gasteiger partial charge on any atom is 0.310 e. The Morgan fingerprint density at radius 1 is 1.24 bits per heavy atom. The van der Waals surface area contributed by atoms with Crippen molar-refractivity contribution in [2.45, 2.75) is 64.3 Å². The molecule has 98 valence electrons. The molecule has 0 heterocycles. The molecule has 2 rings (SSSR count). The van der Waals surface area contributed by atoms with Crippen molar-refractivity contribution in [3.8, 4) is 0 Å². The zero-order valence-corrected chi connectivity index (χ0v) is 11.0. The van der Waals surface area contributed by atoms with Crippen LogP contribution in [0, 0.1) is 5.41 Å². The molecule has 0 aromatic rings. The first-order chi connectivity index (χ1) is 8.18. The lowest BCUT2D eigenvalue weighted by Crippen LogP contribution is -2.45. The van der Waals surface area contributed by atoms with Crippen molar-refractivity contribution in [3.63, 3.8) is 0 Å². The Morgan fingerprint density at radius 2 is 1.82 bits per heavy atom. The summed E-state index contributed by atoms with van der Waals surface area (Å²) >= 11 is 0. The molecule has 0 aromatic carbocycles. The van der Waals surface area contributed by atoms with Crippen LogP contribution in [0.4, 0.5) is 0 Å². The molecular formula is C14H25NO2. The van der Waals surface area contributed by atoms with Gasteiger partial charge in [-0.2, -0.15) is 0 Å². The Kier molecular flexibility index (Phi) is 4.08. The second kappa shape index (κ2) is 5.38. The lowest BCUT2D eigenvalue weighted by Gasteiger charge is -2.35. The lowest BCUT2D eigenvalue weighted by atomic mass is 9.85. The van der Waals surface area contributed by atoms with E-state index in [1.807, 2.05) is 0 Å². The molecule has 3 nitrogen and oxygen atoms in total. The highest BCUT2D eigenvalue weighted by Crippen LogP contribution is 2.40. The van der Waals surface area contributed by atoms with E-state index in [1.54, 1.807) is 0 Å². The Bertz CT molecular complexity index is 265. The molecule has 3 heteroatoms. The van der Waals surface area contributed by atoms with Crippen molar-refractivity contribution in [2.75, 3.05) is 13.1 Å². The molecule has 2 fully saturated rings. The van der Waals surface area contributed by atoms with Crippen LogP contribution >= 0.6 is 0 Å². The quantitative estimate of drug-likeness (QED) is 0.802. The van der Waals surface area contributed by atoms with Crippen LogP contribution in [0.3, 0.4) is 0 Å². The third-order valence-electron chi connectivity index (χ3n) is 4.77. The predicted molar refractivity (Wildman–Crippen MR) is 68.0 cm³/mol. The predicted octanol–water partition coefficient (Wildman–Crippen LogP) is 2.90. The average molecular weight is 239 g/mol. The maximum absolute atomic E-state index is 11.6. The van der Waals surface area contributed by atoms with E-state index >= 15 is 0 Å². The molecule has 0 bridgehead atoms. The SMILES string of the molecule is CCN(CC1(C(=O)O)CCCC1)C1CCCC1. The summed E-state index contributed by atoms with van der Waals surface area (Å²) in [6.45, 7) is 3.95. The number of aliphatic carboxylic acids is 1. The van der Waals surface area contributed by atoms with Crippen LogP contribution in [-0.2, 0) is 4.79 Å². The summed E-state index contributed by atoms with van der Waals surface area (Å²) in [6.07, 6.45) is 9.12. The van der Waals surface area contributed by atoms with E-state index in [0.29, 0.717) is 6.04 Å². The van der Waals surface area contributed by atoms with Crippen LogP contribution in [0.15, 0.2) is 0 Å². The van der Waals surface area contributed by atoms with Crippen LogP contribution < -0.4 is 0 Å². The van der Waals surface area contributed by atoms with Gasteiger partial charge in [0.25, 0.3) is 0 Å².